The largest absolute Gasteiger partial charge is 0.393 e. The molecule has 1 aliphatic heterocycles. The molecule has 5 atom stereocenters. The molecule has 7 nitrogen and oxygen atoms in total. The lowest BCUT2D eigenvalue weighted by Gasteiger charge is -2.47. The van der Waals surface area contributed by atoms with Crippen LogP contribution in [0.15, 0.2) is 60.7 Å². The van der Waals surface area contributed by atoms with Crippen molar-refractivity contribution < 1.29 is 34.3 Å². The highest BCUT2D eigenvalue weighted by molar-refractivity contribution is 7.59. The van der Waals surface area contributed by atoms with Gasteiger partial charge in [-0.2, -0.15) is 0 Å². The van der Waals surface area contributed by atoms with Crippen LogP contribution in [0.2, 0.25) is 0 Å². The summed E-state index contributed by atoms with van der Waals surface area (Å²) in [5, 5.41) is 28.6. The second-order valence-electron chi connectivity index (χ2n) is 6.97. The molecule has 152 valence electrons. The van der Waals surface area contributed by atoms with Crippen LogP contribution < -0.4 is 0 Å². The van der Waals surface area contributed by atoms with Crippen molar-refractivity contribution in [3.8, 4) is 0 Å². The molecule has 28 heavy (non-hydrogen) atoms. The molecule has 2 unspecified atom stereocenters. The maximum atomic E-state index is 12.6. The minimum absolute atomic E-state index is 0.0196. The van der Waals surface area contributed by atoms with Gasteiger partial charge in [0.05, 0.1) is 32.1 Å². The monoisotopic (exact) mass is 408 g/mol. The van der Waals surface area contributed by atoms with E-state index in [1.54, 1.807) is 12.1 Å². The van der Waals surface area contributed by atoms with E-state index < -0.39 is 43.8 Å². The number of aliphatic hydroxyl groups excluding tert-OH is 2. The van der Waals surface area contributed by atoms with Gasteiger partial charge in [-0.25, -0.2) is 0 Å². The van der Waals surface area contributed by atoms with Crippen LogP contribution >= 0.6 is 7.37 Å². The van der Waals surface area contributed by atoms with Gasteiger partial charge in [-0.15, -0.1) is 0 Å². The maximum Gasteiger partial charge on any atom is 0.239 e. The zero-order chi connectivity index (χ0) is 20.2. The molecule has 0 bridgehead atoms. The highest BCUT2D eigenvalue weighted by Crippen LogP contribution is 2.59. The predicted molar refractivity (Wildman–Crippen MR) is 103 cm³/mol. The second-order valence-corrected chi connectivity index (χ2v) is 9.51. The van der Waals surface area contributed by atoms with Crippen LogP contribution in [0.1, 0.15) is 11.1 Å². The van der Waals surface area contributed by atoms with Gasteiger partial charge >= 0.3 is 0 Å². The van der Waals surface area contributed by atoms with E-state index in [0.29, 0.717) is 0 Å². The van der Waals surface area contributed by atoms with Gasteiger partial charge in [-0.3, -0.25) is 4.57 Å². The molecule has 3 rings (SSSR count). The molecule has 1 saturated heterocycles. The van der Waals surface area contributed by atoms with Crippen molar-refractivity contribution >= 4 is 7.37 Å². The van der Waals surface area contributed by atoms with E-state index in [2.05, 4.69) is 0 Å². The number of rotatable bonds is 7. The molecule has 0 aromatic heterocycles. The fourth-order valence-electron chi connectivity index (χ4n) is 3.33. The van der Waals surface area contributed by atoms with Crippen molar-refractivity contribution in [3.05, 3.63) is 71.8 Å². The molecule has 1 aliphatic rings. The summed E-state index contributed by atoms with van der Waals surface area (Å²) in [5.74, 6) is 0. The first kappa shape index (κ1) is 21.1. The highest BCUT2D eigenvalue weighted by atomic mass is 31.2. The van der Waals surface area contributed by atoms with Gasteiger partial charge < -0.3 is 29.7 Å². The Kier molecular flexibility index (Phi) is 6.68. The number of aliphatic hydroxyl groups is 3. The third-order valence-electron chi connectivity index (χ3n) is 4.96. The van der Waals surface area contributed by atoms with E-state index in [9.17, 15) is 24.8 Å². The van der Waals surface area contributed by atoms with Crippen LogP contribution in [0, 0.1) is 0 Å². The Morgan fingerprint density at radius 3 is 1.96 bits per heavy atom. The van der Waals surface area contributed by atoms with Crippen molar-refractivity contribution in [2.75, 3.05) is 12.8 Å². The highest BCUT2D eigenvalue weighted by Gasteiger charge is 2.61. The maximum absolute atomic E-state index is 12.6. The Morgan fingerprint density at radius 2 is 1.46 bits per heavy atom. The summed E-state index contributed by atoms with van der Waals surface area (Å²) >= 11 is 0. The first-order chi connectivity index (χ1) is 13.4. The lowest BCUT2D eigenvalue weighted by molar-refractivity contribution is -0.192. The van der Waals surface area contributed by atoms with Crippen molar-refractivity contribution in [2.45, 2.75) is 36.9 Å². The van der Waals surface area contributed by atoms with E-state index >= 15 is 0 Å². The lowest BCUT2D eigenvalue weighted by atomic mass is 10.0. The Labute approximate surface area is 163 Å². The molecule has 0 saturated carbocycles. The lowest BCUT2D eigenvalue weighted by Crippen LogP contribution is -2.62. The molecule has 0 aliphatic carbocycles. The first-order valence-electron chi connectivity index (χ1n) is 9.01. The number of hydrogen-bond acceptors (Lipinski definition) is 6. The molecule has 8 heteroatoms. The summed E-state index contributed by atoms with van der Waals surface area (Å²) in [4.78, 5) is 10.3. The van der Waals surface area contributed by atoms with Crippen LogP contribution in [-0.4, -0.2) is 56.6 Å². The first-order valence-corrected chi connectivity index (χ1v) is 10.9. The fraction of sp³-hybridized carbons (Fsp3) is 0.400. The van der Waals surface area contributed by atoms with Crippen LogP contribution in [0.4, 0.5) is 0 Å². The van der Waals surface area contributed by atoms with E-state index in [0.717, 1.165) is 11.1 Å². The zero-order valence-corrected chi connectivity index (χ0v) is 16.2. The van der Waals surface area contributed by atoms with E-state index in [4.69, 9.17) is 9.47 Å². The quantitative estimate of drug-likeness (QED) is 0.513. The normalized spacial score (nSPS) is 32.9. The van der Waals surface area contributed by atoms with Crippen molar-refractivity contribution in [3.63, 3.8) is 0 Å². The molecule has 0 amide bonds. The summed E-state index contributed by atoms with van der Waals surface area (Å²) in [5.41, 5.74) is 1.61. The standard InChI is InChI=1S/C20H25O7P/c21-14-20(23)19(27-12-16-9-5-2-6-10-16)18(17(22)13-28(20,24)25)26-11-15-7-3-1-4-8-15/h1-10,17-19,21-23H,11-14H2,(H,24,25)/t17-,18-,19+,20?/m1/s1. The summed E-state index contributed by atoms with van der Waals surface area (Å²) in [6.07, 6.45) is -4.39. The van der Waals surface area contributed by atoms with Crippen molar-refractivity contribution in [2.24, 2.45) is 0 Å². The fourth-order valence-corrected chi connectivity index (χ4v) is 5.20. The summed E-state index contributed by atoms with van der Waals surface area (Å²) < 4.78 is 24.2. The minimum Gasteiger partial charge on any atom is -0.393 e. The Balaban J connectivity index is 1.84. The van der Waals surface area contributed by atoms with Crippen molar-refractivity contribution in [1.82, 2.24) is 0 Å². The van der Waals surface area contributed by atoms with E-state index in [1.807, 2.05) is 48.5 Å². The summed E-state index contributed by atoms with van der Waals surface area (Å²) in [7, 11) is -4.32. The average molecular weight is 408 g/mol. The molecular weight excluding hydrogens is 383 g/mol. The summed E-state index contributed by atoms with van der Waals surface area (Å²) in [6.45, 7) is -0.852. The van der Waals surface area contributed by atoms with Crippen LogP contribution in [0.3, 0.4) is 0 Å². The smallest absolute Gasteiger partial charge is 0.239 e. The van der Waals surface area contributed by atoms with Gasteiger partial charge in [-0.1, -0.05) is 60.7 Å². The zero-order valence-electron chi connectivity index (χ0n) is 15.3. The van der Waals surface area contributed by atoms with Gasteiger partial charge in [0, 0.05) is 0 Å². The molecule has 4 N–H and O–H groups in total. The van der Waals surface area contributed by atoms with Crippen LogP contribution in [0.25, 0.3) is 0 Å². The Hall–Kier alpha value is -1.57. The van der Waals surface area contributed by atoms with Gasteiger partial charge in [0.2, 0.25) is 7.37 Å². The molecule has 2 aromatic carbocycles. The van der Waals surface area contributed by atoms with Crippen LogP contribution in [0.5, 0.6) is 0 Å². The van der Waals surface area contributed by atoms with E-state index in [1.165, 1.54) is 0 Å². The number of hydrogen-bond donors (Lipinski definition) is 4. The van der Waals surface area contributed by atoms with E-state index in [-0.39, 0.29) is 13.2 Å². The van der Waals surface area contributed by atoms with Gasteiger partial charge in [0.1, 0.15) is 12.2 Å². The molecule has 0 radical (unpaired) electrons. The SMILES string of the molecule is O=P1(O)C[C@@H](O)[C@@H](OCc2ccccc2)[C@H](OCc2ccccc2)C1(O)CO. The number of benzene rings is 2. The molecular formula is C20H25O7P. The summed E-state index contributed by atoms with van der Waals surface area (Å²) in [6, 6.07) is 18.3. The number of ether oxygens (including phenoxy) is 2. The Morgan fingerprint density at radius 1 is 0.964 bits per heavy atom. The van der Waals surface area contributed by atoms with Crippen molar-refractivity contribution in [1.29, 1.82) is 0 Å². The minimum atomic E-state index is -4.32. The predicted octanol–water partition coefficient (Wildman–Crippen LogP) is 1.48. The molecule has 2 aromatic rings. The third kappa shape index (κ3) is 4.36. The Bertz CT molecular complexity index is 801. The average Bonchev–Trinajstić information content (AvgIpc) is 2.70. The third-order valence-corrected chi connectivity index (χ3v) is 7.44. The second kappa shape index (κ2) is 8.84. The van der Waals surface area contributed by atoms with Gasteiger partial charge in [0.25, 0.3) is 0 Å². The van der Waals surface area contributed by atoms with Crippen LogP contribution in [-0.2, 0) is 27.3 Å². The molecule has 1 fully saturated rings. The molecule has 1 heterocycles. The topological polar surface area (TPSA) is 116 Å². The molecule has 0 spiro atoms. The van der Waals surface area contributed by atoms with Gasteiger partial charge in [-0.05, 0) is 11.1 Å². The van der Waals surface area contributed by atoms with Gasteiger partial charge in [0.15, 0.2) is 5.34 Å².